The number of H-pyrrole nitrogens is 1. The van der Waals surface area contributed by atoms with Crippen LogP contribution in [0.2, 0.25) is 0 Å². The Morgan fingerprint density at radius 3 is 2.58 bits per heavy atom. The van der Waals surface area contributed by atoms with Gasteiger partial charge in [-0.25, -0.2) is 4.79 Å². The van der Waals surface area contributed by atoms with E-state index in [1.165, 1.54) is 10.9 Å². The van der Waals surface area contributed by atoms with Crippen LogP contribution in [0.15, 0.2) is 78.0 Å². The molecule has 0 saturated heterocycles. The minimum atomic E-state index is -0.906. The predicted molar refractivity (Wildman–Crippen MR) is 104 cm³/mol. The average Bonchev–Trinajstić information content (AvgIpc) is 3.06. The highest BCUT2D eigenvalue weighted by atomic mass is 32.2. The number of aromatic nitrogens is 2. The number of carboxylic acids is 1. The fourth-order valence-electron chi connectivity index (χ4n) is 2.96. The number of fused-ring (bicyclic) bond motifs is 1. The molecule has 128 valence electrons. The van der Waals surface area contributed by atoms with Crippen molar-refractivity contribution >= 4 is 28.6 Å². The van der Waals surface area contributed by atoms with Crippen molar-refractivity contribution in [3.05, 3.63) is 84.2 Å². The Morgan fingerprint density at radius 1 is 1.04 bits per heavy atom. The number of hydrogen-bond donors (Lipinski definition) is 2. The molecule has 0 aliphatic rings. The van der Waals surface area contributed by atoms with Gasteiger partial charge in [-0.15, -0.1) is 11.8 Å². The van der Waals surface area contributed by atoms with Gasteiger partial charge in [0.1, 0.15) is 0 Å². The van der Waals surface area contributed by atoms with Crippen molar-refractivity contribution < 1.29 is 9.90 Å². The van der Waals surface area contributed by atoms with Gasteiger partial charge in [-0.05, 0) is 48.0 Å². The summed E-state index contributed by atoms with van der Waals surface area (Å²) in [4.78, 5) is 19.8. The number of nitrogens with one attached hydrogen (secondary N) is 1. The molecule has 2 N–H and O–H groups in total. The van der Waals surface area contributed by atoms with Gasteiger partial charge in [0.2, 0.25) is 0 Å². The summed E-state index contributed by atoms with van der Waals surface area (Å²) in [5, 5.41) is 10.2. The molecule has 0 saturated carbocycles. The van der Waals surface area contributed by atoms with Crippen molar-refractivity contribution in [1.29, 1.82) is 0 Å². The quantitative estimate of drug-likeness (QED) is 0.479. The van der Waals surface area contributed by atoms with Crippen LogP contribution < -0.4 is 0 Å². The minimum Gasteiger partial charge on any atom is -0.478 e. The Kier molecular flexibility index (Phi) is 4.46. The van der Waals surface area contributed by atoms with Crippen LogP contribution in [-0.2, 0) is 5.75 Å². The van der Waals surface area contributed by atoms with Crippen LogP contribution in [0.4, 0.5) is 0 Å². The highest BCUT2D eigenvalue weighted by molar-refractivity contribution is 7.98. The first-order valence-corrected chi connectivity index (χ1v) is 9.17. The van der Waals surface area contributed by atoms with Crippen LogP contribution in [0.1, 0.15) is 15.9 Å². The summed E-state index contributed by atoms with van der Waals surface area (Å²) in [6.45, 7) is 0. The van der Waals surface area contributed by atoms with E-state index in [1.807, 2.05) is 42.6 Å². The maximum Gasteiger partial charge on any atom is 0.335 e. The first-order chi connectivity index (χ1) is 12.7. The summed E-state index contributed by atoms with van der Waals surface area (Å²) in [6.07, 6.45) is 3.63. The maximum absolute atomic E-state index is 11.0. The van der Waals surface area contributed by atoms with Crippen LogP contribution >= 0.6 is 11.8 Å². The molecular weight excluding hydrogens is 344 g/mol. The molecule has 26 heavy (non-hydrogen) atoms. The van der Waals surface area contributed by atoms with E-state index in [0.29, 0.717) is 5.56 Å². The van der Waals surface area contributed by atoms with Crippen molar-refractivity contribution in [2.45, 2.75) is 10.6 Å². The summed E-state index contributed by atoms with van der Waals surface area (Å²) >= 11 is 1.69. The van der Waals surface area contributed by atoms with Gasteiger partial charge in [0.25, 0.3) is 0 Å². The van der Waals surface area contributed by atoms with Crippen LogP contribution in [0.25, 0.3) is 22.2 Å². The first kappa shape index (κ1) is 16.4. The van der Waals surface area contributed by atoms with E-state index >= 15 is 0 Å². The molecule has 5 heteroatoms. The molecule has 2 aromatic heterocycles. The lowest BCUT2D eigenvalue weighted by molar-refractivity contribution is 0.0697. The standard InChI is InChI=1S/C21H16N2O2S/c24-21(25)14-7-9-16(10-8-14)26-13-18-17-5-1-2-6-19(17)23-20(18)15-4-3-11-22-12-15/h1-12,23H,13H2,(H,24,25). The van der Waals surface area contributed by atoms with Gasteiger partial charge in [0.15, 0.2) is 0 Å². The van der Waals surface area contributed by atoms with Crippen molar-refractivity contribution in [2.24, 2.45) is 0 Å². The van der Waals surface area contributed by atoms with E-state index in [-0.39, 0.29) is 0 Å². The second-order valence-corrected chi connectivity index (χ2v) is 6.93. The normalized spacial score (nSPS) is 10.9. The molecule has 2 heterocycles. The lowest BCUT2D eigenvalue weighted by Crippen LogP contribution is -1.94. The van der Waals surface area contributed by atoms with Crippen LogP contribution in [0.5, 0.6) is 0 Å². The monoisotopic (exact) mass is 360 g/mol. The Hall–Kier alpha value is -3.05. The molecule has 0 spiro atoms. The zero-order chi connectivity index (χ0) is 17.9. The molecule has 0 unspecified atom stereocenters. The van der Waals surface area contributed by atoms with E-state index in [1.54, 1.807) is 30.1 Å². The van der Waals surface area contributed by atoms with Gasteiger partial charge in [0, 0.05) is 39.5 Å². The smallest absolute Gasteiger partial charge is 0.335 e. The van der Waals surface area contributed by atoms with Crippen molar-refractivity contribution in [3.63, 3.8) is 0 Å². The zero-order valence-electron chi connectivity index (χ0n) is 13.8. The number of rotatable bonds is 5. The molecule has 0 aliphatic carbocycles. The third-order valence-electron chi connectivity index (χ3n) is 4.25. The minimum absolute atomic E-state index is 0.303. The Balaban J connectivity index is 1.68. The lowest BCUT2D eigenvalue weighted by Gasteiger charge is -2.06. The second kappa shape index (κ2) is 7.06. The number of thioether (sulfide) groups is 1. The number of hydrogen-bond acceptors (Lipinski definition) is 3. The van der Waals surface area contributed by atoms with Gasteiger partial charge in [-0.3, -0.25) is 4.98 Å². The highest BCUT2D eigenvalue weighted by Crippen LogP contribution is 2.34. The molecule has 0 aliphatic heterocycles. The summed E-state index contributed by atoms with van der Waals surface area (Å²) in [6, 6.07) is 19.2. The molecule has 0 bridgehead atoms. The maximum atomic E-state index is 11.0. The fraction of sp³-hybridized carbons (Fsp3) is 0.0476. The van der Waals surface area contributed by atoms with Crippen molar-refractivity contribution in [2.75, 3.05) is 0 Å². The van der Waals surface area contributed by atoms with E-state index < -0.39 is 5.97 Å². The van der Waals surface area contributed by atoms with Crippen LogP contribution in [0, 0.1) is 0 Å². The van der Waals surface area contributed by atoms with Gasteiger partial charge in [-0.2, -0.15) is 0 Å². The number of carboxylic acid groups (broad SMARTS) is 1. The van der Waals surface area contributed by atoms with Crippen molar-refractivity contribution in [3.8, 4) is 11.3 Å². The topological polar surface area (TPSA) is 66.0 Å². The third kappa shape index (κ3) is 3.21. The molecule has 0 fully saturated rings. The molecule has 0 radical (unpaired) electrons. The van der Waals surface area contributed by atoms with Crippen LogP contribution in [-0.4, -0.2) is 21.0 Å². The van der Waals surface area contributed by atoms with Gasteiger partial charge < -0.3 is 10.1 Å². The number of aromatic amines is 1. The lowest BCUT2D eigenvalue weighted by atomic mass is 10.1. The number of pyridine rings is 1. The Bertz CT molecular complexity index is 1060. The zero-order valence-corrected chi connectivity index (χ0v) is 14.7. The summed E-state index contributed by atoms with van der Waals surface area (Å²) in [5.74, 6) is -0.127. The largest absolute Gasteiger partial charge is 0.478 e. The number of nitrogens with zero attached hydrogens (tertiary/aromatic N) is 1. The number of aromatic carboxylic acids is 1. The Labute approximate surface area is 154 Å². The number of para-hydroxylation sites is 1. The van der Waals surface area contributed by atoms with Gasteiger partial charge >= 0.3 is 5.97 Å². The van der Waals surface area contributed by atoms with Gasteiger partial charge in [0.05, 0.1) is 11.3 Å². The molecule has 4 rings (SSSR count). The summed E-state index contributed by atoms with van der Waals surface area (Å²) in [5.41, 5.74) is 4.76. The fourth-order valence-corrected chi connectivity index (χ4v) is 3.90. The molecule has 0 atom stereocenters. The molecule has 2 aromatic carbocycles. The average molecular weight is 360 g/mol. The second-order valence-electron chi connectivity index (χ2n) is 5.88. The summed E-state index contributed by atoms with van der Waals surface area (Å²) in [7, 11) is 0. The van der Waals surface area contributed by atoms with E-state index in [9.17, 15) is 4.79 Å². The Morgan fingerprint density at radius 2 is 1.85 bits per heavy atom. The molecule has 0 amide bonds. The highest BCUT2D eigenvalue weighted by Gasteiger charge is 2.13. The molecule has 4 nitrogen and oxygen atoms in total. The first-order valence-electron chi connectivity index (χ1n) is 8.18. The molecular formula is C21H16N2O2S. The number of carbonyl (C=O) groups is 1. The van der Waals surface area contributed by atoms with E-state index in [2.05, 4.69) is 22.1 Å². The predicted octanol–water partition coefficient (Wildman–Crippen LogP) is 5.22. The SMILES string of the molecule is O=C(O)c1ccc(SCc2c(-c3cccnc3)[nH]c3ccccc23)cc1. The van der Waals surface area contributed by atoms with Crippen LogP contribution in [0.3, 0.4) is 0 Å². The van der Waals surface area contributed by atoms with Gasteiger partial charge in [-0.1, -0.05) is 18.2 Å². The van der Waals surface area contributed by atoms with E-state index in [0.717, 1.165) is 27.4 Å². The van der Waals surface area contributed by atoms with E-state index in [4.69, 9.17) is 5.11 Å². The molecule has 4 aromatic rings. The summed E-state index contributed by atoms with van der Waals surface area (Å²) < 4.78 is 0. The number of benzene rings is 2. The van der Waals surface area contributed by atoms with Crippen molar-refractivity contribution in [1.82, 2.24) is 9.97 Å². The third-order valence-corrected chi connectivity index (χ3v) is 5.29.